The number of methoxy groups -OCH3 is 1. The zero-order valence-electron chi connectivity index (χ0n) is 9.49. The Kier molecular flexibility index (Phi) is 5.56. The standard InChI is InChI=1S/C13H19NO/c1-3-10-14-11-4-5-12-6-8-13(15-2)9-7-12/h4-9,14H,3,10-11H2,1-2H3. The molecule has 0 aliphatic heterocycles. The maximum absolute atomic E-state index is 5.09. The Morgan fingerprint density at radius 2 is 2.00 bits per heavy atom. The number of hydrogen-bond donors (Lipinski definition) is 1. The fourth-order valence-corrected chi connectivity index (χ4v) is 1.27. The van der Waals surface area contributed by atoms with Crippen molar-refractivity contribution in [1.29, 1.82) is 0 Å². The molecule has 0 aromatic heterocycles. The normalized spacial score (nSPS) is 10.8. The predicted octanol–water partition coefficient (Wildman–Crippen LogP) is 2.71. The highest BCUT2D eigenvalue weighted by molar-refractivity contribution is 5.50. The molecule has 0 heterocycles. The largest absolute Gasteiger partial charge is 0.497 e. The van der Waals surface area contributed by atoms with Crippen LogP contribution in [0.5, 0.6) is 5.75 Å². The van der Waals surface area contributed by atoms with Crippen molar-refractivity contribution < 1.29 is 4.74 Å². The molecule has 2 heteroatoms. The predicted molar refractivity (Wildman–Crippen MR) is 65.2 cm³/mol. The third kappa shape index (κ3) is 4.66. The van der Waals surface area contributed by atoms with Gasteiger partial charge < -0.3 is 10.1 Å². The molecule has 1 rings (SSSR count). The Balaban J connectivity index is 2.36. The molecule has 1 aromatic carbocycles. The van der Waals surface area contributed by atoms with Crippen LogP contribution in [-0.4, -0.2) is 20.2 Å². The van der Waals surface area contributed by atoms with Crippen molar-refractivity contribution in [2.45, 2.75) is 13.3 Å². The molecule has 1 aromatic rings. The van der Waals surface area contributed by atoms with Crippen molar-refractivity contribution in [2.75, 3.05) is 20.2 Å². The molecular weight excluding hydrogens is 186 g/mol. The molecule has 0 bridgehead atoms. The van der Waals surface area contributed by atoms with Crippen molar-refractivity contribution in [1.82, 2.24) is 5.32 Å². The van der Waals surface area contributed by atoms with Crippen LogP contribution in [0.2, 0.25) is 0 Å². The van der Waals surface area contributed by atoms with E-state index in [1.165, 1.54) is 12.0 Å². The molecule has 0 unspecified atom stereocenters. The van der Waals surface area contributed by atoms with E-state index in [0.29, 0.717) is 0 Å². The summed E-state index contributed by atoms with van der Waals surface area (Å²) in [4.78, 5) is 0. The van der Waals surface area contributed by atoms with Gasteiger partial charge in [-0.05, 0) is 30.7 Å². The summed E-state index contributed by atoms with van der Waals surface area (Å²) in [7, 11) is 1.68. The minimum absolute atomic E-state index is 0.899. The van der Waals surface area contributed by atoms with Gasteiger partial charge in [0.25, 0.3) is 0 Å². The van der Waals surface area contributed by atoms with Gasteiger partial charge >= 0.3 is 0 Å². The quantitative estimate of drug-likeness (QED) is 0.721. The second-order valence-electron chi connectivity index (χ2n) is 3.38. The molecule has 0 fully saturated rings. The lowest BCUT2D eigenvalue weighted by Gasteiger charge is -1.99. The van der Waals surface area contributed by atoms with Crippen LogP contribution in [0.4, 0.5) is 0 Å². The van der Waals surface area contributed by atoms with Crippen molar-refractivity contribution in [3.63, 3.8) is 0 Å². The van der Waals surface area contributed by atoms with Crippen molar-refractivity contribution in [3.05, 3.63) is 35.9 Å². The van der Waals surface area contributed by atoms with Crippen LogP contribution >= 0.6 is 0 Å². The molecule has 2 nitrogen and oxygen atoms in total. The van der Waals surface area contributed by atoms with Crippen LogP contribution in [0.1, 0.15) is 18.9 Å². The molecule has 0 saturated heterocycles. The molecule has 0 spiro atoms. The minimum atomic E-state index is 0.899. The summed E-state index contributed by atoms with van der Waals surface area (Å²) in [5.41, 5.74) is 1.20. The fourth-order valence-electron chi connectivity index (χ4n) is 1.27. The van der Waals surface area contributed by atoms with Gasteiger partial charge in [-0.3, -0.25) is 0 Å². The Labute approximate surface area is 92.0 Å². The highest BCUT2D eigenvalue weighted by atomic mass is 16.5. The van der Waals surface area contributed by atoms with Crippen LogP contribution < -0.4 is 10.1 Å². The molecule has 15 heavy (non-hydrogen) atoms. The molecule has 0 radical (unpaired) electrons. The summed E-state index contributed by atoms with van der Waals surface area (Å²) in [6.45, 7) is 4.17. The van der Waals surface area contributed by atoms with E-state index in [9.17, 15) is 0 Å². The molecule has 0 aliphatic rings. The molecular formula is C13H19NO. The smallest absolute Gasteiger partial charge is 0.118 e. The summed E-state index contributed by atoms with van der Waals surface area (Å²) >= 11 is 0. The molecule has 0 saturated carbocycles. The maximum Gasteiger partial charge on any atom is 0.118 e. The van der Waals surface area contributed by atoms with Crippen molar-refractivity contribution in [3.8, 4) is 5.75 Å². The highest BCUT2D eigenvalue weighted by Crippen LogP contribution is 2.11. The summed E-state index contributed by atoms with van der Waals surface area (Å²) in [6.07, 6.45) is 5.43. The second-order valence-corrected chi connectivity index (χ2v) is 3.38. The van der Waals surface area contributed by atoms with Gasteiger partial charge in [0.2, 0.25) is 0 Å². The molecule has 82 valence electrons. The van der Waals surface area contributed by atoms with Crippen LogP contribution in [-0.2, 0) is 0 Å². The first-order chi connectivity index (χ1) is 7.36. The zero-order valence-corrected chi connectivity index (χ0v) is 9.49. The number of hydrogen-bond acceptors (Lipinski definition) is 2. The van der Waals surface area contributed by atoms with Gasteiger partial charge in [0, 0.05) is 6.54 Å². The number of benzene rings is 1. The van der Waals surface area contributed by atoms with E-state index in [4.69, 9.17) is 4.74 Å². The van der Waals surface area contributed by atoms with Gasteiger partial charge in [-0.15, -0.1) is 0 Å². The monoisotopic (exact) mass is 205 g/mol. The average molecular weight is 205 g/mol. The molecule has 0 amide bonds. The van der Waals surface area contributed by atoms with E-state index in [1.54, 1.807) is 7.11 Å². The minimum Gasteiger partial charge on any atom is -0.497 e. The number of nitrogens with one attached hydrogen (secondary N) is 1. The third-order valence-electron chi connectivity index (χ3n) is 2.12. The van der Waals surface area contributed by atoms with Crippen LogP contribution in [0.3, 0.4) is 0 Å². The van der Waals surface area contributed by atoms with E-state index in [2.05, 4.69) is 36.5 Å². The van der Waals surface area contributed by atoms with E-state index < -0.39 is 0 Å². The van der Waals surface area contributed by atoms with Crippen LogP contribution in [0.15, 0.2) is 30.3 Å². The van der Waals surface area contributed by atoms with Gasteiger partial charge in [-0.25, -0.2) is 0 Å². The van der Waals surface area contributed by atoms with Crippen molar-refractivity contribution in [2.24, 2.45) is 0 Å². The molecule has 1 N–H and O–H groups in total. The topological polar surface area (TPSA) is 21.3 Å². The van der Waals surface area contributed by atoms with Gasteiger partial charge in [0.15, 0.2) is 0 Å². The molecule has 0 aliphatic carbocycles. The summed E-state index contributed by atoms with van der Waals surface area (Å²) in [6, 6.07) is 8.04. The number of ether oxygens (including phenoxy) is 1. The van der Waals surface area contributed by atoms with E-state index in [0.717, 1.165) is 18.8 Å². The van der Waals surface area contributed by atoms with Crippen LogP contribution in [0, 0.1) is 0 Å². The molecule has 0 atom stereocenters. The van der Waals surface area contributed by atoms with E-state index in [-0.39, 0.29) is 0 Å². The SMILES string of the molecule is CCCNCC=Cc1ccc(OC)cc1. The third-order valence-corrected chi connectivity index (χ3v) is 2.12. The second kappa shape index (κ2) is 7.07. The highest BCUT2D eigenvalue weighted by Gasteiger charge is 1.89. The first-order valence-corrected chi connectivity index (χ1v) is 5.38. The lowest BCUT2D eigenvalue weighted by Crippen LogP contribution is -2.13. The fraction of sp³-hybridized carbons (Fsp3) is 0.385. The van der Waals surface area contributed by atoms with Gasteiger partial charge in [0.05, 0.1) is 7.11 Å². The Bertz CT molecular complexity index is 290. The number of rotatable bonds is 6. The van der Waals surface area contributed by atoms with Gasteiger partial charge in [-0.1, -0.05) is 31.2 Å². The average Bonchev–Trinajstić information content (AvgIpc) is 2.30. The van der Waals surface area contributed by atoms with Gasteiger partial charge in [-0.2, -0.15) is 0 Å². The summed E-state index contributed by atoms with van der Waals surface area (Å²) in [5, 5.41) is 3.32. The first kappa shape index (κ1) is 11.8. The summed E-state index contributed by atoms with van der Waals surface area (Å²) in [5.74, 6) is 0.899. The Hall–Kier alpha value is -1.28. The Morgan fingerprint density at radius 3 is 2.60 bits per heavy atom. The van der Waals surface area contributed by atoms with E-state index >= 15 is 0 Å². The lowest BCUT2D eigenvalue weighted by atomic mass is 10.2. The first-order valence-electron chi connectivity index (χ1n) is 5.38. The maximum atomic E-state index is 5.09. The zero-order chi connectivity index (χ0) is 10.9. The summed E-state index contributed by atoms with van der Waals surface area (Å²) < 4.78 is 5.09. The van der Waals surface area contributed by atoms with Crippen LogP contribution in [0.25, 0.3) is 6.08 Å². The van der Waals surface area contributed by atoms with Gasteiger partial charge in [0.1, 0.15) is 5.75 Å². The Morgan fingerprint density at radius 1 is 1.27 bits per heavy atom. The van der Waals surface area contributed by atoms with Crippen molar-refractivity contribution >= 4 is 6.08 Å². The lowest BCUT2D eigenvalue weighted by molar-refractivity contribution is 0.415. The van der Waals surface area contributed by atoms with E-state index in [1.807, 2.05) is 12.1 Å².